The van der Waals surface area contributed by atoms with Gasteiger partial charge in [-0.05, 0) is 55.1 Å². The highest BCUT2D eigenvalue weighted by Gasteiger charge is 2.15. The zero-order valence-corrected chi connectivity index (χ0v) is 15.6. The fourth-order valence-electron chi connectivity index (χ4n) is 3.22. The lowest BCUT2D eigenvalue weighted by molar-refractivity contribution is -0.106. The number of halogens is 1. The Hall–Kier alpha value is -2.47. The van der Waals surface area contributed by atoms with Gasteiger partial charge in [-0.3, -0.25) is 9.88 Å². The maximum Gasteiger partial charge on any atom is 0.143 e. The standard InChI is InChI=1S/C21H25FN4O/c1-16-6-9-26(10-7-16)15-17-2-4-19(23-14-17)12-18-3-5-20(13-21(18)22)25-24-8-11-27/h2-5,11,13-14,16H,6-10,12,15H2,1H3. The summed E-state index contributed by atoms with van der Waals surface area (Å²) in [5.41, 5.74) is 2.99. The van der Waals surface area contributed by atoms with E-state index in [0.29, 0.717) is 24.0 Å². The molecule has 3 rings (SSSR count). The second-order valence-electron chi connectivity index (χ2n) is 7.16. The van der Waals surface area contributed by atoms with Crippen LogP contribution in [0.3, 0.4) is 0 Å². The van der Waals surface area contributed by atoms with Crippen molar-refractivity contribution in [3.8, 4) is 0 Å². The maximum absolute atomic E-state index is 14.3. The summed E-state index contributed by atoms with van der Waals surface area (Å²) < 4.78 is 14.3. The van der Waals surface area contributed by atoms with Gasteiger partial charge in [-0.25, -0.2) is 4.39 Å². The minimum absolute atomic E-state index is 0.0178. The molecule has 1 aromatic heterocycles. The highest BCUT2D eigenvalue weighted by molar-refractivity contribution is 5.52. The second kappa shape index (κ2) is 9.46. The number of aromatic nitrogens is 1. The average Bonchev–Trinajstić information content (AvgIpc) is 2.67. The highest BCUT2D eigenvalue weighted by Crippen LogP contribution is 2.21. The Bertz CT molecular complexity index is 783. The molecule has 1 aliphatic heterocycles. The van der Waals surface area contributed by atoms with Crippen LogP contribution in [0.4, 0.5) is 10.1 Å². The zero-order chi connectivity index (χ0) is 19.1. The van der Waals surface area contributed by atoms with E-state index in [9.17, 15) is 9.18 Å². The van der Waals surface area contributed by atoms with Gasteiger partial charge in [0, 0.05) is 30.9 Å². The number of carbonyl (C=O) groups is 1. The molecule has 2 aromatic rings. The van der Waals surface area contributed by atoms with Gasteiger partial charge in [0.05, 0.1) is 5.69 Å². The van der Waals surface area contributed by atoms with Crippen molar-refractivity contribution >= 4 is 12.0 Å². The van der Waals surface area contributed by atoms with E-state index in [2.05, 4.69) is 33.1 Å². The minimum Gasteiger partial charge on any atom is -0.301 e. The molecule has 0 radical (unpaired) electrons. The fraction of sp³-hybridized carbons (Fsp3) is 0.429. The van der Waals surface area contributed by atoms with Crippen LogP contribution >= 0.6 is 0 Å². The van der Waals surface area contributed by atoms with E-state index in [1.54, 1.807) is 12.1 Å². The summed E-state index contributed by atoms with van der Waals surface area (Å²) in [5, 5.41) is 7.46. The highest BCUT2D eigenvalue weighted by atomic mass is 19.1. The van der Waals surface area contributed by atoms with Crippen molar-refractivity contribution in [1.29, 1.82) is 0 Å². The molecule has 0 aliphatic carbocycles. The molecule has 1 aliphatic rings. The van der Waals surface area contributed by atoms with E-state index in [0.717, 1.165) is 31.2 Å². The van der Waals surface area contributed by atoms with E-state index in [4.69, 9.17) is 0 Å². The van der Waals surface area contributed by atoms with Crippen LogP contribution in [0.2, 0.25) is 0 Å². The van der Waals surface area contributed by atoms with E-state index in [-0.39, 0.29) is 12.4 Å². The molecule has 142 valence electrons. The summed E-state index contributed by atoms with van der Waals surface area (Å²) in [6.45, 7) is 5.51. The number of aldehydes is 1. The zero-order valence-electron chi connectivity index (χ0n) is 15.6. The normalized spacial score (nSPS) is 16.1. The van der Waals surface area contributed by atoms with E-state index < -0.39 is 0 Å². The van der Waals surface area contributed by atoms with Gasteiger partial charge in [0.25, 0.3) is 0 Å². The molecule has 0 spiro atoms. The molecule has 6 heteroatoms. The molecule has 1 fully saturated rings. The van der Waals surface area contributed by atoms with Gasteiger partial charge in [0.15, 0.2) is 0 Å². The van der Waals surface area contributed by atoms with E-state index in [1.807, 2.05) is 12.3 Å². The van der Waals surface area contributed by atoms with Crippen LogP contribution in [0.1, 0.15) is 36.6 Å². The predicted octanol–water partition coefficient (Wildman–Crippen LogP) is 4.33. The number of carbonyl (C=O) groups excluding carboxylic acids is 1. The van der Waals surface area contributed by atoms with Crippen LogP contribution in [0.5, 0.6) is 0 Å². The first-order chi connectivity index (χ1) is 13.1. The lowest BCUT2D eigenvalue weighted by atomic mass is 9.99. The maximum atomic E-state index is 14.3. The molecule has 0 N–H and O–H groups in total. The van der Waals surface area contributed by atoms with Gasteiger partial charge in [0.2, 0.25) is 0 Å². The van der Waals surface area contributed by atoms with Crippen LogP contribution in [0, 0.1) is 11.7 Å². The number of piperidine rings is 1. The van der Waals surface area contributed by atoms with Gasteiger partial charge < -0.3 is 4.79 Å². The summed E-state index contributed by atoms with van der Waals surface area (Å²) in [4.78, 5) is 17.2. The third-order valence-corrected chi connectivity index (χ3v) is 4.92. The number of benzene rings is 1. The average molecular weight is 368 g/mol. The monoisotopic (exact) mass is 368 g/mol. The van der Waals surface area contributed by atoms with Gasteiger partial charge >= 0.3 is 0 Å². The number of nitrogens with zero attached hydrogens (tertiary/aromatic N) is 4. The molecular formula is C21H25FN4O. The predicted molar refractivity (Wildman–Crippen MR) is 103 cm³/mol. The van der Waals surface area contributed by atoms with Gasteiger partial charge in [-0.2, -0.15) is 10.2 Å². The van der Waals surface area contributed by atoms with Crippen LogP contribution < -0.4 is 0 Å². The van der Waals surface area contributed by atoms with Crippen molar-refractivity contribution in [2.45, 2.75) is 32.7 Å². The number of pyridine rings is 1. The lowest BCUT2D eigenvalue weighted by Gasteiger charge is -2.30. The molecule has 2 heterocycles. The van der Waals surface area contributed by atoms with Gasteiger partial charge in [-0.1, -0.05) is 19.1 Å². The summed E-state index contributed by atoms with van der Waals surface area (Å²) in [7, 11) is 0. The van der Waals surface area contributed by atoms with Crippen molar-refractivity contribution in [3.63, 3.8) is 0 Å². The topological polar surface area (TPSA) is 57.9 Å². The van der Waals surface area contributed by atoms with Crippen molar-refractivity contribution < 1.29 is 9.18 Å². The Morgan fingerprint density at radius 1 is 1.26 bits per heavy atom. The molecular weight excluding hydrogens is 343 g/mol. The summed E-state index contributed by atoms with van der Waals surface area (Å²) in [5.74, 6) is 0.486. The molecule has 0 unspecified atom stereocenters. The smallest absolute Gasteiger partial charge is 0.143 e. The van der Waals surface area contributed by atoms with Crippen molar-refractivity contribution in [1.82, 2.24) is 9.88 Å². The Labute approximate surface area is 159 Å². The summed E-state index contributed by atoms with van der Waals surface area (Å²) >= 11 is 0. The molecule has 0 saturated carbocycles. The SMILES string of the molecule is CC1CCN(Cc2ccc(Cc3ccc(N=NCC=O)cc3F)nc2)CC1. The van der Waals surface area contributed by atoms with Crippen molar-refractivity contribution in [2.24, 2.45) is 16.1 Å². The molecule has 5 nitrogen and oxygen atoms in total. The molecule has 1 saturated heterocycles. The first kappa shape index (κ1) is 19.3. The van der Waals surface area contributed by atoms with Crippen LogP contribution in [-0.2, 0) is 17.8 Å². The lowest BCUT2D eigenvalue weighted by Crippen LogP contribution is -2.32. The van der Waals surface area contributed by atoms with Gasteiger partial charge in [0.1, 0.15) is 18.6 Å². The number of hydrogen-bond acceptors (Lipinski definition) is 5. The second-order valence-corrected chi connectivity index (χ2v) is 7.16. The number of rotatable bonds is 7. The largest absolute Gasteiger partial charge is 0.301 e. The van der Waals surface area contributed by atoms with E-state index in [1.165, 1.54) is 24.5 Å². The van der Waals surface area contributed by atoms with Crippen molar-refractivity contribution in [2.75, 3.05) is 19.6 Å². The third kappa shape index (κ3) is 5.76. The molecule has 0 amide bonds. The molecule has 1 aromatic carbocycles. The Morgan fingerprint density at radius 3 is 2.74 bits per heavy atom. The summed E-state index contributed by atoms with van der Waals surface area (Å²) in [6, 6.07) is 8.77. The molecule has 27 heavy (non-hydrogen) atoms. The first-order valence-corrected chi connectivity index (χ1v) is 9.40. The molecule has 0 bridgehead atoms. The Kier molecular flexibility index (Phi) is 6.76. The number of hydrogen-bond donors (Lipinski definition) is 0. The molecule has 0 atom stereocenters. The van der Waals surface area contributed by atoms with Crippen LogP contribution in [0.15, 0.2) is 46.8 Å². The first-order valence-electron chi connectivity index (χ1n) is 9.40. The Morgan fingerprint density at radius 2 is 2.07 bits per heavy atom. The quantitative estimate of drug-likeness (QED) is 0.540. The third-order valence-electron chi connectivity index (χ3n) is 4.92. The van der Waals surface area contributed by atoms with Crippen LogP contribution in [-0.4, -0.2) is 35.8 Å². The number of likely N-dealkylation sites (tertiary alicyclic amines) is 1. The minimum atomic E-state index is -0.342. The Balaban J connectivity index is 1.58. The van der Waals surface area contributed by atoms with Crippen molar-refractivity contribution in [3.05, 3.63) is 59.2 Å². The fourth-order valence-corrected chi connectivity index (χ4v) is 3.22. The van der Waals surface area contributed by atoms with Crippen LogP contribution in [0.25, 0.3) is 0 Å². The number of azo groups is 1. The van der Waals surface area contributed by atoms with Gasteiger partial charge in [-0.15, -0.1) is 0 Å². The summed E-state index contributed by atoms with van der Waals surface area (Å²) in [6.07, 6.45) is 5.49. The van der Waals surface area contributed by atoms with E-state index >= 15 is 0 Å².